The van der Waals surface area contributed by atoms with Gasteiger partial charge in [0.05, 0.1) is 5.02 Å². The van der Waals surface area contributed by atoms with Gasteiger partial charge in [0.25, 0.3) is 0 Å². The second-order valence-corrected chi connectivity index (χ2v) is 4.25. The average molecular weight is 230 g/mol. The number of hydrogen-bond acceptors (Lipinski definition) is 4. The highest BCUT2D eigenvalue weighted by Crippen LogP contribution is 2.28. The Kier molecular flexibility index (Phi) is 2.54. The summed E-state index contributed by atoms with van der Waals surface area (Å²) in [5.74, 6) is 0.517. The lowest BCUT2D eigenvalue weighted by atomic mass is 10.3. The zero-order valence-electron chi connectivity index (χ0n) is 7.38. The number of nitrogens with zero attached hydrogens (tertiary/aromatic N) is 3. The van der Waals surface area contributed by atoms with Crippen LogP contribution < -0.4 is 0 Å². The van der Waals surface area contributed by atoms with Gasteiger partial charge in [-0.25, -0.2) is 0 Å². The molecule has 0 bridgehead atoms. The van der Waals surface area contributed by atoms with Gasteiger partial charge in [0.1, 0.15) is 12.4 Å². The number of aliphatic hydroxyl groups excluding tert-OH is 1. The minimum Gasteiger partial charge on any atom is -0.379 e. The molecule has 0 saturated carbocycles. The molecule has 74 valence electrons. The Morgan fingerprint density at radius 3 is 2.93 bits per heavy atom. The minimum absolute atomic E-state index is 0.517. The molecule has 0 aliphatic heterocycles. The van der Waals surface area contributed by atoms with Crippen molar-refractivity contribution in [1.82, 2.24) is 14.8 Å². The number of aryl methyl sites for hydroxylation is 1. The van der Waals surface area contributed by atoms with Gasteiger partial charge in [-0.05, 0) is 6.07 Å². The van der Waals surface area contributed by atoms with Gasteiger partial charge in [-0.15, -0.1) is 21.5 Å². The van der Waals surface area contributed by atoms with Crippen LogP contribution in [0.25, 0.3) is 0 Å². The first-order valence-corrected chi connectivity index (χ1v) is 5.20. The summed E-state index contributed by atoms with van der Waals surface area (Å²) >= 11 is 7.16. The van der Waals surface area contributed by atoms with Crippen molar-refractivity contribution in [2.24, 2.45) is 7.05 Å². The molecule has 2 heterocycles. The molecule has 0 aliphatic rings. The first kappa shape index (κ1) is 9.64. The molecule has 6 heteroatoms. The number of aliphatic hydroxyl groups is 1. The van der Waals surface area contributed by atoms with Crippen molar-refractivity contribution in [1.29, 1.82) is 0 Å². The second-order valence-electron chi connectivity index (χ2n) is 2.87. The predicted molar refractivity (Wildman–Crippen MR) is 54.4 cm³/mol. The number of rotatable bonds is 2. The van der Waals surface area contributed by atoms with Crippen LogP contribution in [-0.4, -0.2) is 19.9 Å². The van der Waals surface area contributed by atoms with Crippen LogP contribution in [-0.2, 0) is 7.05 Å². The SMILES string of the molecule is Cn1cnnc1C(O)c1cc(Cl)cs1. The molecule has 1 unspecified atom stereocenters. The fourth-order valence-corrected chi connectivity index (χ4v) is 2.20. The van der Waals surface area contributed by atoms with Crippen molar-refractivity contribution >= 4 is 22.9 Å². The molecule has 1 N–H and O–H groups in total. The first-order valence-electron chi connectivity index (χ1n) is 3.94. The molecule has 0 aromatic carbocycles. The quantitative estimate of drug-likeness (QED) is 0.851. The van der Waals surface area contributed by atoms with Crippen LogP contribution in [0.2, 0.25) is 5.02 Å². The van der Waals surface area contributed by atoms with E-state index in [1.165, 1.54) is 11.3 Å². The van der Waals surface area contributed by atoms with E-state index in [4.69, 9.17) is 11.6 Å². The highest BCUT2D eigenvalue weighted by molar-refractivity contribution is 7.10. The molecule has 4 nitrogen and oxygen atoms in total. The Hall–Kier alpha value is -0.910. The van der Waals surface area contributed by atoms with E-state index in [9.17, 15) is 5.11 Å². The number of thiophene rings is 1. The van der Waals surface area contributed by atoms with Gasteiger partial charge in [0.2, 0.25) is 0 Å². The summed E-state index contributed by atoms with van der Waals surface area (Å²) in [5.41, 5.74) is 0. The van der Waals surface area contributed by atoms with E-state index in [2.05, 4.69) is 10.2 Å². The van der Waals surface area contributed by atoms with Crippen molar-refractivity contribution in [3.8, 4) is 0 Å². The lowest BCUT2D eigenvalue weighted by Crippen LogP contribution is -2.05. The Bertz CT molecular complexity index is 439. The molecule has 0 aliphatic carbocycles. The van der Waals surface area contributed by atoms with Crippen molar-refractivity contribution in [2.75, 3.05) is 0 Å². The van der Waals surface area contributed by atoms with Crippen molar-refractivity contribution in [2.45, 2.75) is 6.10 Å². The number of halogens is 1. The highest BCUT2D eigenvalue weighted by Gasteiger charge is 2.17. The topological polar surface area (TPSA) is 50.9 Å². The fourth-order valence-electron chi connectivity index (χ4n) is 1.14. The van der Waals surface area contributed by atoms with Gasteiger partial charge in [0, 0.05) is 17.3 Å². The molecule has 2 aromatic rings. The molecule has 1 atom stereocenters. The Balaban J connectivity index is 2.33. The van der Waals surface area contributed by atoms with Gasteiger partial charge < -0.3 is 9.67 Å². The van der Waals surface area contributed by atoms with E-state index in [0.29, 0.717) is 10.8 Å². The average Bonchev–Trinajstić information content (AvgIpc) is 2.73. The maximum absolute atomic E-state index is 9.90. The van der Waals surface area contributed by atoms with Crippen LogP contribution in [0, 0.1) is 0 Å². The van der Waals surface area contributed by atoms with Crippen molar-refractivity contribution in [3.63, 3.8) is 0 Å². The zero-order chi connectivity index (χ0) is 10.1. The minimum atomic E-state index is -0.750. The largest absolute Gasteiger partial charge is 0.379 e. The van der Waals surface area contributed by atoms with E-state index < -0.39 is 6.10 Å². The summed E-state index contributed by atoms with van der Waals surface area (Å²) in [6.45, 7) is 0. The molecule has 0 saturated heterocycles. The molecule has 14 heavy (non-hydrogen) atoms. The van der Waals surface area contributed by atoms with Gasteiger partial charge in [-0.1, -0.05) is 11.6 Å². The van der Waals surface area contributed by atoms with E-state index >= 15 is 0 Å². The summed E-state index contributed by atoms with van der Waals surface area (Å²) in [4.78, 5) is 0.770. The standard InChI is InChI=1S/C8H8ClN3OS/c1-12-4-10-11-8(12)7(13)6-2-5(9)3-14-6/h2-4,7,13H,1H3. The van der Waals surface area contributed by atoms with Crippen molar-refractivity contribution < 1.29 is 5.11 Å². The Labute approximate surface area is 89.8 Å². The van der Waals surface area contributed by atoms with Gasteiger partial charge in [-0.3, -0.25) is 0 Å². The zero-order valence-corrected chi connectivity index (χ0v) is 8.96. The predicted octanol–water partition coefficient (Wildman–Crippen LogP) is 1.61. The summed E-state index contributed by atoms with van der Waals surface area (Å²) in [5, 5.41) is 19.8. The van der Waals surface area contributed by atoms with Crippen LogP contribution in [0.4, 0.5) is 0 Å². The van der Waals surface area contributed by atoms with Crippen LogP contribution in [0.3, 0.4) is 0 Å². The first-order chi connectivity index (χ1) is 6.68. The molecular formula is C8H8ClN3OS. The number of aromatic nitrogens is 3. The van der Waals surface area contributed by atoms with Crippen LogP contribution >= 0.6 is 22.9 Å². The molecule has 0 amide bonds. The third-order valence-corrected chi connectivity index (χ3v) is 3.18. The van der Waals surface area contributed by atoms with Crippen molar-refractivity contribution in [3.05, 3.63) is 33.5 Å². The van der Waals surface area contributed by atoms with Gasteiger partial charge >= 0.3 is 0 Å². The molecule has 0 spiro atoms. The normalized spacial score (nSPS) is 13.1. The Morgan fingerprint density at radius 1 is 1.64 bits per heavy atom. The van der Waals surface area contributed by atoms with Crippen LogP contribution in [0.5, 0.6) is 0 Å². The van der Waals surface area contributed by atoms with E-state index in [-0.39, 0.29) is 0 Å². The van der Waals surface area contributed by atoms with E-state index in [0.717, 1.165) is 4.88 Å². The van der Waals surface area contributed by atoms with Crippen LogP contribution in [0.1, 0.15) is 16.8 Å². The molecule has 0 fully saturated rings. The maximum Gasteiger partial charge on any atom is 0.166 e. The smallest absolute Gasteiger partial charge is 0.166 e. The third kappa shape index (κ3) is 1.66. The summed E-state index contributed by atoms with van der Waals surface area (Å²) in [6, 6.07) is 1.73. The summed E-state index contributed by atoms with van der Waals surface area (Å²) < 4.78 is 1.68. The summed E-state index contributed by atoms with van der Waals surface area (Å²) in [7, 11) is 1.79. The summed E-state index contributed by atoms with van der Waals surface area (Å²) in [6.07, 6.45) is 0.799. The van der Waals surface area contributed by atoms with Gasteiger partial charge in [0.15, 0.2) is 5.82 Å². The molecule has 0 radical (unpaired) electrons. The molecule has 2 rings (SSSR count). The second kappa shape index (κ2) is 3.68. The van der Waals surface area contributed by atoms with E-state index in [1.54, 1.807) is 29.4 Å². The van der Waals surface area contributed by atoms with Gasteiger partial charge in [-0.2, -0.15) is 0 Å². The fraction of sp³-hybridized carbons (Fsp3) is 0.250. The molecular weight excluding hydrogens is 222 g/mol. The lowest BCUT2D eigenvalue weighted by molar-refractivity contribution is 0.209. The number of hydrogen-bond donors (Lipinski definition) is 1. The Morgan fingerprint density at radius 2 is 2.43 bits per heavy atom. The van der Waals surface area contributed by atoms with E-state index in [1.807, 2.05) is 0 Å². The van der Waals surface area contributed by atoms with Crippen LogP contribution in [0.15, 0.2) is 17.8 Å². The highest BCUT2D eigenvalue weighted by atomic mass is 35.5. The third-order valence-electron chi connectivity index (χ3n) is 1.85. The maximum atomic E-state index is 9.90. The lowest BCUT2D eigenvalue weighted by Gasteiger charge is -2.06. The molecule has 2 aromatic heterocycles. The monoisotopic (exact) mass is 229 g/mol.